The summed E-state index contributed by atoms with van der Waals surface area (Å²) in [4.78, 5) is 24.6. The van der Waals surface area contributed by atoms with Crippen LogP contribution in [0.4, 0.5) is 5.69 Å². The molecule has 1 aliphatic rings. The molecular weight excluding hydrogens is 390 g/mol. The molecule has 1 aromatic heterocycles. The van der Waals surface area contributed by atoms with E-state index in [1.54, 1.807) is 0 Å². The fourth-order valence-corrected chi connectivity index (χ4v) is 4.89. The van der Waals surface area contributed by atoms with Crippen LogP contribution in [0, 0.1) is 0 Å². The quantitative estimate of drug-likeness (QED) is 0.750. The van der Waals surface area contributed by atoms with Crippen LogP contribution in [0.1, 0.15) is 44.6 Å². The number of amides is 1. The Morgan fingerprint density at radius 3 is 2.38 bits per heavy atom. The molecule has 29 heavy (non-hydrogen) atoms. The van der Waals surface area contributed by atoms with Gasteiger partial charge in [-0.05, 0) is 48.9 Å². The smallest absolute Gasteiger partial charge is 0.251 e. The van der Waals surface area contributed by atoms with Crippen molar-refractivity contribution in [1.29, 1.82) is 0 Å². The average Bonchev–Trinajstić information content (AvgIpc) is 3.25. The van der Waals surface area contributed by atoms with E-state index in [4.69, 9.17) is 0 Å². The zero-order valence-electron chi connectivity index (χ0n) is 16.8. The van der Waals surface area contributed by atoms with Crippen molar-refractivity contribution in [3.8, 4) is 0 Å². The van der Waals surface area contributed by atoms with Crippen LogP contribution in [0.25, 0.3) is 0 Å². The number of nitrogens with zero attached hydrogens (tertiary/aromatic N) is 2. The molecule has 1 fully saturated rings. The van der Waals surface area contributed by atoms with Gasteiger partial charge in [-0.25, -0.2) is 8.42 Å². The SMILES string of the molecule is CCC(C)c1ccc(NC(=O)Cn2cc(S(=O)(=O)N3CCCC3)ccc2=O)cc1. The lowest BCUT2D eigenvalue weighted by molar-refractivity contribution is -0.116. The van der Waals surface area contributed by atoms with E-state index in [0.717, 1.165) is 23.8 Å². The van der Waals surface area contributed by atoms with Crippen molar-refractivity contribution >= 4 is 21.6 Å². The number of carbonyl (C=O) groups is 1. The summed E-state index contributed by atoms with van der Waals surface area (Å²) in [5, 5.41) is 2.76. The van der Waals surface area contributed by atoms with Crippen molar-refractivity contribution < 1.29 is 13.2 Å². The van der Waals surface area contributed by atoms with Gasteiger partial charge >= 0.3 is 0 Å². The maximum absolute atomic E-state index is 12.7. The second-order valence-electron chi connectivity index (χ2n) is 7.42. The normalized spacial score (nSPS) is 15.9. The maximum atomic E-state index is 12.7. The minimum Gasteiger partial charge on any atom is -0.325 e. The molecule has 1 aliphatic heterocycles. The topological polar surface area (TPSA) is 88.5 Å². The number of anilines is 1. The van der Waals surface area contributed by atoms with Gasteiger partial charge in [0.2, 0.25) is 15.9 Å². The number of hydrogen-bond acceptors (Lipinski definition) is 4. The van der Waals surface area contributed by atoms with Crippen LogP contribution in [0.5, 0.6) is 0 Å². The first-order valence-corrected chi connectivity index (χ1v) is 11.4. The Morgan fingerprint density at radius 1 is 1.10 bits per heavy atom. The van der Waals surface area contributed by atoms with Gasteiger partial charge in [0, 0.05) is 31.0 Å². The summed E-state index contributed by atoms with van der Waals surface area (Å²) >= 11 is 0. The Hall–Kier alpha value is -2.45. The molecule has 1 atom stereocenters. The number of pyridine rings is 1. The lowest BCUT2D eigenvalue weighted by Crippen LogP contribution is -2.31. The van der Waals surface area contributed by atoms with E-state index in [1.807, 2.05) is 24.3 Å². The number of benzene rings is 1. The molecule has 1 amide bonds. The second-order valence-corrected chi connectivity index (χ2v) is 9.36. The van der Waals surface area contributed by atoms with Gasteiger partial charge in [-0.15, -0.1) is 0 Å². The number of sulfonamides is 1. The van der Waals surface area contributed by atoms with Crippen LogP contribution in [0.3, 0.4) is 0 Å². The van der Waals surface area contributed by atoms with E-state index in [1.165, 1.54) is 28.2 Å². The Kier molecular flexibility index (Phi) is 6.54. The number of carbonyl (C=O) groups excluding carboxylic acids is 1. The zero-order valence-corrected chi connectivity index (χ0v) is 17.6. The highest BCUT2D eigenvalue weighted by Gasteiger charge is 2.27. The fourth-order valence-electron chi connectivity index (χ4n) is 3.35. The highest BCUT2D eigenvalue weighted by Crippen LogP contribution is 2.21. The lowest BCUT2D eigenvalue weighted by atomic mass is 9.99. The molecule has 1 N–H and O–H groups in total. The van der Waals surface area contributed by atoms with Crippen LogP contribution in [0.15, 0.2) is 52.3 Å². The zero-order chi connectivity index (χ0) is 21.0. The van der Waals surface area contributed by atoms with Crippen LogP contribution >= 0.6 is 0 Å². The van der Waals surface area contributed by atoms with Crippen molar-refractivity contribution in [3.63, 3.8) is 0 Å². The van der Waals surface area contributed by atoms with Gasteiger partial charge in [0.1, 0.15) is 6.54 Å². The summed E-state index contributed by atoms with van der Waals surface area (Å²) in [6.07, 6.45) is 3.95. The van der Waals surface area contributed by atoms with Crippen molar-refractivity contribution in [3.05, 3.63) is 58.5 Å². The van der Waals surface area contributed by atoms with E-state index in [-0.39, 0.29) is 17.3 Å². The van der Waals surface area contributed by atoms with E-state index in [2.05, 4.69) is 19.2 Å². The molecule has 2 aromatic rings. The predicted molar refractivity (Wildman–Crippen MR) is 112 cm³/mol. The average molecular weight is 418 g/mol. The lowest BCUT2D eigenvalue weighted by Gasteiger charge is -2.16. The summed E-state index contributed by atoms with van der Waals surface area (Å²) < 4.78 is 27.9. The number of rotatable bonds is 7. The van der Waals surface area contributed by atoms with Gasteiger partial charge in [0.05, 0.1) is 4.90 Å². The van der Waals surface area contributed by atoms with Gasteiger partial charge in [-0.3, -0.25) is 9.59 Å². The van der Waals surface area contributed by atoms with E-state index in [9.17, 15) is 18.0 Å². The van der Waals surface area contributed by atoms with Gasteiger partial charge in [0.15, 0.2) is 0 Å². The van der Waals surface area contributed by atoms with Crippen molar-refractivity contribution in [2.45, 2.75) is 50.5 Å². The maximum Gasteiger partial charge on any atom is 0.251 e. The Bertz CT molecular complexity index is 1020. The van der Waals surface area contributed by atoms with Gasteiger partial charge < -0.3 is 9.88 Å². The van der Waals surface area contributed by atoms with E-state index in [0.29, 0.717) is 24.7 Å². The summed E-state index contributed by atoms with van der Waals surface area (Å²) in [7, 11) is -3.65. The van der Waals surface area contributed by atoms with E-state index >= 15 is 0 Å². The van der Waals surface area contributed by atoms with E-state index < -0.39 is 15.6 Å². The summed E-state index contributed by atoms with van der Waals surface area (Å²) in [5.74, 6) is 0.0535. The van der Waals surface area contributed by atoms with Crippen LogP contribution in [-0.2, 0) is 21.4 Å². The largest absolute Gasteiger partial charge is 0.325 e. The van der Waals surface area contributed by atoms with Gasteiger partial charge in [-0.1, -0.05) is 26.0 Å². The molecule has 0 radical (unpaired) electrons. The first kappa shape index (κ1) is 21.3. The first-order valence-electron chi connectivity index (χ1n) is 9.91. The highest BCUT2D eigenvalue weighted by molar-refractivity contribution is 7.89. The van der Waals surface area contributed by atoms with Crippen molar-refractivity contribution in [1.82, 2.24) is 8.87 Å². The summed E-state index contributed by atoms with van der Waals surface area (Å²) in [6, 6.07) is 10.1. The van der Waals surface area contributed by atoms with Crippen LogP contribution < -0.4 is 10.9 Å². The fraction of sp³-hybridized carbons (Fsp3) is 0.429. The minimum atomic E-state index is -3.65. The molecule has 0 spiro atoms. The molecule has 0 aliphatic carbocycles. The molecular formula is C21H27N3O4S. The highest BCUT2D eigenvalue weighted by atomic mass is 32.2. The molecule has 0 bridgehead atoms. The second kappa shape index (κ2) is 8.92. The predicted octanol–water partition coefficient (Wildman–Crippen LogP) is 2.79. The Balaban J connectivity index is 1.72. The standard InChI is InChI=1S/C21H27N3O4S/c1-3-16(2)17-6-8-18(9-7-17)22-20(25)15-23-14-19(10-11-21(23)26)29(27,28)24-12-4-5-13-24/h6-11,14,16H,3-5,12-13,15H2,1-2H3,(H,22,25). The number of nitrogens with one attached hydrogen (secondary N) is 1. The Morgan fingerprint density at radius 2 is 1.76 bits per heavy atom. The summed E-state index contributed by atoms with van der Waals surface area (Å²) in [5.41, 5.74) is 1.41. The molecule has 1 aromatic carbocycles. The third-order valence-corrected chi connectivity index (χ3v) is 7.23. The molecule has 3 rings (SSSR count). The third-order valence-electron chi connectivity index (χ3n) is 5.35. The van der Waals surface area contributed by atoms with Crippen LogP contribution in [-0.4, -0.2) is 36.3 Å². The first-order chi connectivity index (χ1) is 13.8. The van der Waals surface area contributed by atoms with Gasteiger partial charge in [0.25, 0.3) is 5.56 Å². The number of aromatic nitrogens is 1. The van der Waals surface area contributed by atoms with Crippen LogP contribution in [0.2, 0.25) is 0 Å². The molecule has 156 valence electrons. The number of hydrogen-bond donors (Lipinski definition) is 1. The third kappa shape index (κ3) is 4.94. The molecule has 7 nitrogen and oxygen atoms in total. The molecule has 8 heteroatoms. The minimum absolute atomic E-state index is 0.0321. The molecule has 0 saturated carbocycles. The molecule has 2 heterocycles. The Labute approximate surface area is 171 Å². The van der Waals surface area contributed by atoms with Gasteiger partial charge in [-0.2, -0.15) is 4.31 Å². The molecule has 1 saturated heterocycles. The van der Waals surface area contributed by atoms with Crippen molar-refractivity contribution in [2.24, 2.45) is 0 Å². The monoisotopic (exact) mass is 417 g/mol. The summed E-state index contributed by atoms with van der Waals surface area (Å²) in [6.45, 7) is 4.97. The molecule has 1 unspecified atom stereocenters. The van der Waals surface area contributed by atoms with Crippen molar-refractivity contribution in [2.75, 3.05) is 18.4 Å².